The SMILES string of the molecule is C[C@@H]1[C@@H](C)CCC[C@H]1N[C@@H](C)C(=O)Nc1ccccc1C#N. The summed E-state index contributed by atoms with van der Waals surface area (Å²) in [4.78, 5) is 12.4. The van der Waals surface area contributed by atoms with Crippen LogP contribution < -0.4 is 10.6 Å². The van der Waals surface area contributed by atoms with Crippen LogP contribution in [0.1, 0.15) is 45.6 Å². The molecule has 1 aromatic carbocycles. The van der Waals surface area contributed by atoms with Crippen LogP contribution in [0.3, 0.4) is 0 Å². The number of nitrogens with one attached hydrogen (secondary N) is 2. The van der Waals surface area contributed by atoms with Gasteiger partial charge in [-0.2, -0.15) is 5.26 Å². The molecular formula is C18H25N3O. The number of nitrogens with zero attached hydrogens (tertiary/aromatic N) is 1. The molecule has 2 N–H and O–H groups in total. The second-order valence-corrected chi connectivity index (χ2v) is 6.41. The van der Waals surface area contributed by atoms with Crippen molar-refractivity contribution < 1.29 is 4.79 Å². The minimum atomic E-state index is -0.274. The Kier molecular flexibility index (Phi) is 5.57. The summed E-state index contributed by atoms with van der Waals surface area (Å²) in [6, 6.07) is 9.29. The van der Waals surface area contributed by atoms with Gasteiger partial charge < -0.3 is 10.6 Å². The minimum absolute atomic E-state index is 0.0897. The molecule has 0 aromatic heterocycles. The van der Waals surface area contributed by atoms with E-state index in [0.29, 0.717) is 29.1 Å². The summed E-state index contributed by atoms with van der Waals surface area (Å²) in [5, 5.41) is 15.4. The molecule has 1 aliphatic rings. The lowest BCUT2D eigenvalue weighted by Crippen LogP contribution is -2.49. The fourth-order valence-electron chi connectivity index (χ4n) is 3.14. The van der Waals surface area contributed by atoms with Gasteiger partial charge in [0.1, 0.15) is 6.07 Å². The molecule has 0 heterocycles. The summed E-state index contributed by atoms with van der Waals surface area (Å²) in [5.74, 6) is 1.18. The molecule has 22 heavy (non-hydrogen) atoms. The van der Waals surface area contributed by atoms with E-state index in [-0.39, 0.29) is 11.9 Å². The van der Waals surface area contributed by atoms with E-state index in [1.165, 1.54) is 12.8 Å². The summed E-state index contributed by atoms with van der Waals surface area (Å²) in [6.45, 7) is 6.43. The average molecular weight is 299 g/mol. The normalized spacial score (nSPS) is 26.0. The van der Waals surface area contributed by atoms with Crippen molar-refractivity contribution in [3.8, 4) is 6.07 Å². The molecule has 0 spiro atoms. The molecule has 1 fully saturated rings. The van der Waals surface area contributed by atoms with Gasteiger partial charge >= 0.3 is 0 Å². The van der Waals surface area contributed by atoms with Crippen molar-refractivity contribution in [1.29, 1.82) is 5.26 Å². The third-order valence-corrected chi connectivity index (χ3v) is 4.87. The number of anilines is 1. The number of amides is 1. The third-order valence-electron chi connectivity index (χ3n) is 4.87. The lowest BCUT2D eigenvalue weighted by atomic mass is 9.78. The Bertz CT molecular complexity index is 564. The molecule has 1 aliphatic carbocycles. The average Bonchev–Trinajstić information content (AvgIpc) is 2.52. The van der Waals surface area contributed by atoms with Crippen molar-refractivity contribution in [3.63, 3.8) is 0 Å². The van der Waals surface area contributed by atoms with E-state index < -0.39 is 0 Å². The fourth-order valence-corrected chi connectivity index (χ4v) is 3.14. The van der Waals surface area contributed by atoms with Gasteiger partial charge in [-0.25, -0.2) is 0 Å². The van der Waals surface area contributed by atoms with Crippen molar-refractivity contribution in [2.75, 3.05) is 5.32 Å². The van der Waals surface area contributed by atoms with Gasteiger partial charge in [0, 0.05) is 6.04 Å². The van der Waals surface area contributed by atoms with E-state index in [1.54, 1.807) is 18.2 Å². The molecule has 0 unspecified atom stereocenters. The quantitative estimate of drug-likeness (QED) is 0.896. The zero-order valence-electron chi connectivity index (χ0n) is 13.6. The molecule has 0 radical (unpaired) electrons. The number of hydrogen-bond donors (Lipinski definition) is 2. The predicted octanol–water partition coefficient (Wildman–Crippen LogP) is 3.30. The molecule has 4 heteroatoms. The van der Waals surface area contributed by atoms with E-state index in [2.05, 4.69) is 30.6 Å². The summed E-state index contributed by atoms with van der Waals surface area (Å²) in [5.41, 5.74) is 1.07. The van der Waals surface area contributed by atoms with Crippen LogP contribution in [-0.2, 0) is 4.79 Å². The Morgan fingerprint density at radius 3 is 2.77 bits per heavy atom. The van der Waals surface area contributed by atoms with Gasteiger partial charge in [0.2, 0.25) is 5.91 Å². The first-order chi connectivity index (χ1) is 10.5. The highest BCUT2D eigenvalue weighted by Crippen LogP contribution is 2.29. The fraction of sp³-hybridized carbons (Fsp3) is 0.556. The van der Waals surface area contributed by atoms with Crippen molar-refractivity contribution in [2.24, 2.45) is 11.8 Å². The van der Waals surface area contributed by atoms with Crippen molar-refractivity contribution >= 4 is 11.6 Å². The first-order valence-corrected chi connectivity index (χ1v) is 8.09. The van der Waals surface area contributed by atoms with E-state index >= 15 is 0 Å². The monoisotopic (exact) mass is 299 g/mol. The number of carbonyl (C=O) groups excluding carboxylic acids is 1. The van der Waals surface area contributed by atoms with Gasteiger partial charge in [-0.05, 0) is 37.3 Å². The lowest BCUT2D eigenvalue weighted by molar-refractivity contribution is -0.118. The molecular weight excluding hydrogens is 274 g/mol. The lowest BCUT2D eigenvalue weighted by Gasteiger charge is -2.36. The molecule has 0 saturated heterocycles. The first-order valence-electron chi connectivity index (χ1n) is 8.09. The summed E-state index contributed by atoms with van der Waals surface area (Å²) in [6.07, 6.45) is 3.61. The highest BCUT2D eigenvalue weighted by Gasteiger charge is 2.29. The van der Waals surface area contributed by atoms with Crippen LogP contribution in [0.5, 0.6) is 0 Å². The molecule has 0 bridgehead atoms. The van der Waals surface area contributed by atoms with Gasteiger partial charge in [-0.15, -0.1) is 0 Å². The number of benzene rings is 1. The molecule has 1 aromatic rings. The largest absolute Gasteiger partial charge is 0.324 e. The Morgan fingerprint density at radius 2 is 2.05 bits per heavy atom. The van der Waals surface area contributed by atoms with Crippen LogP contribution in [0.4, 0.5) is 5.69 Å². The van der Waals surface area contributed by atoms with Crippen molar-refractivity contribution in [3.05, 3.63) is 29.8 Å². The maximum atomic E-state index is 12.4. The molecule has 4 atom stereocenters. The van der Waals surface area contributed by atoms with Crippen LogP contribution in [-0.4, -0.2) is 18.0 Å². The smallest absolute Gasteiger partial charge is 0.241 e. The number of para-hydroxylation sites is 1. The first kappa shape index (κ1) is 16.5. The molecule has 2 rings (SSSR count). The topological polar surface area (TPSA) is 64.9 Å². The summed E-state index contributed by atoms with van der Waals surface area (Å²) >= 11 is 0. The van der Waals surface area contributed by atoms with Crippen LogP contribution in [0, 0.1) is 23.2 Å². The molecule has 1 saturated carbocycles. The van der Waals surface area contributed by atoms with Gasteiger partial charge in [0.25, 0.3) is 0 Å². The van der Waals surface area contributed by atoms with Gasteiger partial charge in [-0.1, -0.05) is 38.8 Å². The van der Waals surface area contributed by atoms with Crippen LogP contribution in [0.2, 0.25) is 0 Å². The van der Waals surface area contributed by atoms with Crippen LogP contribution in [0.15, 0.2) is 24.3 Å². The standard InChI is InChI=1S/C18H25N3O/c1-12-7-6-10-16(13(12)2)20-14(3)18(22)21-17-9-5-4-8-15(17)11-19/h4-5,8-9,12-14,16,20H,6-7,10H2,1-3H3,(H,21,22)/t12-,13+,14-,16+/m0/s1. The Morgan fingerprint density at radius 1 is 1.32 bits per heavy atom. The number of nitriles is 1. The zero-order valence-corrected chi connectivity index (χ0v) is 13.6. The van der Waals surface area contributed by atoms with E-state index in [1.807, 2.05) is 13.0 Å². The number of rotatable bonds is 4. The van der Waals surface area contributed by atoms with Crippen molar-refractivity contribution in [2.45, 2.75) is 52.1 Å². The van der Waals surface area contributed by atoms with Crippen LogP contribution >= 0.6 is 0 Å². The Balaban J connectivity index is 1.96. The third kappa shape index (κ3) is 3.86. The highest BCUT2D eigenvalue weighted by atomic mass is 16.2. The number of hydrogen-bond acceptors (Lipinski definition) is 3. The van der Waals surface area contributed by atoms with E-state index in [4.69, 9.17) is 5.26 Å². The number of carbonyl (C=O) groups is 1. The van der Waals surface area contributed by atoms with Gasteiger partial charge in [0.15, 0.2) is 0 Å². The molecule has 1 amide bonds. The molecule has 4 nitrogen and oxygen atoms in total. The maximum Gasteiger partial charge on any atom is 0.241 e. The summed E-state index contributed by atoms with van der Waals surface area (Å²) < 4.78 is 0. The van der Waals surface area contributed by atoms with Crippen LogP contribution in [0.25, 0.3) is 0 Å². The second-order valence-electron chi connectivity index (χ2n) is 6.41. The second kappa shape index (κ2) is 7.42. The Hall–Kier alpha value is -1.86. The van der Waals surface area contributed by atoms with Crippen molar-refractivity contribution in [1.82, 2.24) is 5.32 Å². The maximum absolute atomic E-state index is 12.4. The highest BCUT2D eigenvalue weighted by molar-refractivity contribution is 5.95. The van der Waals surface area contributed by atoms with E-state index in [9.17, 15) is 4.79 Å². The Labute approximate surface area is 132 Å². The molecule has 118 valence electrons. The minimum Gasteiger partial charge on any atom is -0.324 e. The van der Waals surface area contributed by atoms with Gasteiger partial charge in [-0.3, -0.25) is 4.79 Å². The zero-order chi connectivity index (χ0) is 16.1. The molecule has 0 aliphatic heterocycles. The summed E-state index contributed by atoms with van der Waals surface area (Å²) in [7, 11) is 0. The predicted molar refractivity (Wildman–Crippen MR) is 88.4 cm³/mol. The van der Waals surface area contributed by atoms with Gasteiger partial charge in [0.05, 0.1) is 17.3 Å². The van der Waals surface area contributed by atoms with E-state index in [0.717, 1.165) is 6.42 Å².